The van der Waals surface area contributed by atoms with E-state index in [4.69, 9.17) is 0 Å². The molecular weight excluding hydrogens is 254 g/mol. The van der Waals surface area contributed by atoms with Crippen LogP contribution in [0.1, 0.15) is 52.7 Å². The molecule has 2 saturated carbocycles. The minimum atomic E-state index is 0.122. The smallest absolute Gasteiger partial charge is 0.252 e. The summed E-state index contributed by atoms with van der Waals surface area (Å²) in [5.74, 6) is 2.64. The van der Waals surface area contributed by atoms with Crippen molar-refractivity contribution in [1.82, 2.24) is 5.32 Å². The summed E-state index contributed by atoms with van der Waals surface area (Å²) in [5.41, 5.74) is 0.873. The van der Waals surface area contributed by atoms with Crippen molar-refractivity contribution < 1.29 is 4.79 Å². The zero-order valence-electron chi connectivity index (χ0n) is 12.0. The Balaban J connectivity index is 1.65. The molecule has 4 unspecified atom stereocenters. The summed E-state index contributed by atoms with van der Waals surface area (Å²) in [4.78, 5) is 14.7. The van der Waals surface area contributed by atoms with Crippen LogP contribution in [-0.4, -0.2) is 11.9 Å². The fraction of sp³-hybridized carbons (Fsp3) is 0.688. The number of hydrogen-bond acceptors (Lipinski definition) is 2. The Kier molecular flexibility index (Phi) is 3.42. The Hall–Kier alpha value is -0.830. The van der Waals surface area contributed by atoms with Crippen LogP contribution >= 0.6 is 11.3 Å². The highest BCUT2D eigenvalue weighted by atomic mass is 32.1. The number of carbonyl (C=O) groups excluding carboxylic acids is 1. The molecule has 1 aromatic rings. The molecule has 1 heterocycles. The number of rotatable bonds is 3. The molecule has 4 atom stereocenters. The van der Waals surface area contributed by atoms with Gasteiger partial charge in [-0.1, -0.05) is 6.42 Å². The van der Waals surface area contributed by atoms with Crippen molar-refractivity contribution in [2.45, 2.75) is 52.5 Å². The zero-order valence-corrected chi connectivity index (χ0v) is 12.8. The third kappa shape index (κ3) is 2.45. The lowest BCUT2D eigenvalue weighted by Gasteiger charge is -2.28. The summed E-state index contributed by atoms with van der Waals surface area (Å²) in [6, 6.07) is 2.34. The zero-order chi connectivity index (χ0) is 13.6. The molecule has 3 heteroatoms. The molecule has 2 bridgehead atoms. The lowest BCUT2D eigenvalue weighted by atomic mass is 9.84. The summed E-state index contributed by atoms with van der Waals surface area (Å²) >= 11 is 1.71. The Bertz CT molecular complexity index is 493. The minimum Gasteiger partial charge on any atom is -0.349 e. The first kappa shape index (κ1) is 13.2. The van der Waals surface area contributed by atoms with Crippen LogP contribution in [0.4, 0.5) is 0 Å². The second-order valence-corrected chi connectivity index (χ2v) is 7.89. The topological polar surface area (TPSA) is 29.1 Å². The normalized spacial score (nSPS) is 30.6. The van der Waals surface area contributed by atoms with Gasteiger partial charge in [-0.05, 0) is 63.9 Å². The molecule has 2 nitrogen and oxygen atoms in total. The van der Waals surface area contributed by atoms with E-state index in [2.05, 4.69) is 19.2 Å². The SMILES string of the molecule is Cc1cc(C(=O)NC(C)C2CC3CCC2C3)c(C)s1. The van der Waals surface area contributed by atoms with Gasteiger partial charge in [0.15, 0.2) is 0 Å². The maximum atomic E-state index is 12.3. The van der Waals surface area contributed by atoms with E-state index in [1.807, 2.05) is 13.0 Å². The predicted octanol–water partition coefficient (Wildman–Crippen LogP) is 3.92. The van der Waals surface area contributed by atoms with Gasteiger partial charge < -0.3 is 5.32 Å². The average molecular weight is 277 g/mol. The van der Waals surface area contributed by atoms with E-state index in [0.29, 0.717) is 12.0 Å². The van der Waals surface area contributed by atoms with Crippen molar-refractivity contribution in [2.24, 2.45) is 17.8 Å². The largest absolute Gasteiger partial charge is 0.349 e. The molecule has 3 rings (SSSR count). The highest BCUT2D eigenvalue weighted by molar-refractivity contribution is 7.12. The van der Waals surface area contributed by atoms with Gasteiger partial charge in [0.05, 0.1) is 5.56 Å². The first-order chi connectivity index (χ1) is 9.04. The average Bonchev–Trinajstić information content (AvgIpc) is 3.03. The van der Waals surface area contributed by atoms with Crippen molar-refractivity contribution in [2.75, 3.05) is 0 Å². The number of thiophene rings is 1. The van der Waals surface area contributed by atoms with E-state index < -0.39 is 0 Å². The quantitative estimate of drug-likeness (QED) is 0.891. The number of hydrogen-bond donors (Lipinski definition) is 1. The Morgan fingerprint density at radius 3 is 2.68 bits per heavy atom. The van der Waals surface area contributed by atoms with Crippen molar-refractivity contribution in [3.63, 3.8) is 0 Å². The van der Waals surface area contributed by atoms with Gasteiger partial charge in [-0.15, -0.1) is 11.3 Å². The second kappa shape index (κ2) is 4.93. The molecule has 0 aromatic carbocycles. The van der Waals surface area contributed by atoms with Crippen LogP contribution in [0.25, 0.3) is 0 Å². The number of aryl methyl sites for hydroxylation is 2. The molecule has 0 spiro atoms. The van der Waals surface area contributed by atoms with Crippen molar-refractivity contribution >= 4 is 17.2 Å². The van der Waals surface area contributed by atoms with Crippen LogP contribution in [0.3, 0.4) is 0 Å². The predicted molar refractivity (Wildman–Crippen MR) is 79.7 cm³/mol. The number of carbonyl (C=O) groups is 1. The maximum absolute atomic E-state index is 12.3. The van der Waals surface area contributed by atoms with E-state index in [1.165, 1.54) is 30.6 Å². The van der Waals surface area contributed by atoms with Gasteiger partial charge in [0.2, 0.25) is 0 Å². The highest BCUT2D eigenvalue weighted by Crippen LogP contribution is 2.49. The van der Waals surface area contributed by atoms with E-state index in [-0.39, 0.29) is 5.91 Å². The van der Waals surface area contributed by atoms with Crippen molar-refractivity contribution in [1.29, 1.82) is 0 Å². The first-order valence-corrected chi connectivity index (χ1v) is 8.24. The molecule has 2 aliphatic rings. The highest BCUT2D eigenvalue weighted by Gasteiger charge is 2.42. The van der Waals surface area contributed by atoms with Gasteiger partial charge >= 0.3 is 0 Å². The van der Waals surface area contributed by atoms with Gasteiger partial charge in [0, 0.05) is 15.8 Å². The van der Waals surface area contributed by atoms with Crippen LogP contribution in [-0.2, 0) is 0 Å². The molecule has 2 aliphatic carbocycles. The van der Waals surface area contributed by atoms with Crippen LogP contribution in [0.15, 0.2) is 6.07 Å². The summed E-state index contributed by atoms with van der Waals surface area (Å²) in [6.45, 7) is 6.29. The lowest BCUT2D eigenvalue weighted by molar-refractivity contribution is 0.0915. The molecule has 0 radical (unpaired) electrons. The van der Waals surface area contributed by atoms with E-state index in [0.717, 1.165) is 22.3 Å². The fourth-order valence-corrected chi connectivity index (χ4v) is 5.08. The van der Waals surface area contributed by atoms with Gasteiger partial charge in [-0.25, -0.2) is 0 Å². The molecule has 104 valence electrons. The van der Waals surface area contributed by atoms with Crippen LogP contribution in [0, 0.1) is 31.6 Å². The van der Waals surface area contributed by atoms with Gasteiger partial charge in [0.1, 0.15) is 0 Å². The van der Waals surface area contributed by atoms with Gasteiger partial charge in [0.25, 0.3) is 5.91 Å². The van der Waals surface area contributed by atoms with E-state index in [1.54, 1.807) is 11.3 Å². The number of amides is 1. The van der Waals surface area contributed by atoms with Crippen LogP contribution in [0.5, 0.6) is 0 Å². The summed E-state index contributed by atoms with van der Waals surface area (Å²) in [5, 5.41) is 3.24. The van der Waals surface area contributed by atoms with Crippen molar-refractivity contribution in [3.05, 3.63) is 21.4 Å². The Labute approximate surface area is 119 Å². The summed E-state index contributed by atoms with van der Waals surface area (Å²) in [7, 11) is 0. The fourth-order valence-electron chi connectivity index (χ4n) is 4.15. The third-order valence-electron chi connectivity index (χ3n) is 5.08. The molecule has 2 fully saturated rings. The Morgan fingerprint density at radius 1 is 1.37 bits per heavy atom. The molecule has 1 aromatic heterocycles. The number of nitrogens with one attached hydrogen (secondary N) is 1. The lowest BCUT2D eigenvalue weighted by Crippen LogP contribution is -2.40. The van der Waals surface area contributed by atoms with Crippen LogP contribution in [0.2, 0.25) is 0 Å². The molecule has 19 heavy (non-hydrogen) atoms. The monoisotopic (exact) mass is 277 g/mol. The van der Waals surface area contributed by atoms with Crippen molar-refractivity contribution in [3.8, 4) is 0 Å². The number of fused-ring (bicyclic) bond motifs is 2. The summed E-state index contributed by atoms with van der Waals surface area (Å²) < 4.78 is 0. The minimum absolute atomic E-state index is 0.122. The molecule has 1 amide bonds. The molecule has 0 aliphatic heterocycles. The van der Waals surface area contributed by atoms with Gasteiger partial charge in [-0.3, -0.25) is 4.79 Å². The van der Waals surface area contributed by atoms with E-state index >= 15 is 0 Å². The second-order valence-electron chi connectivity index (χ2n) is 6.43. The third-order valence-corrected chi connectivity index (χ3v) is 6.05. The Morgan fingerprint density at radius 2 is 2.16 bits per heavy atom. The van der Waals surface area contributed by atoms with E-state index in [9.17, 15) is 4.79 Å². The van der Waals surface area contributed by atoms with Crippen LogP contribution < -0.4 is 5.32 Å². The first-order valence-electron chi connectivity index (χ1n) is 7.42. The molecular formula is C16H23NOS. The van der Waals surface area contributed by atoms with Gasteiger partial charge in [-0.2, -0.15) is 0 Å². The maximum Gasteiger partial charge on any atom is 0.252 e. The summed E-state index contributed by atoms with van der Waals surface area (Å²) in [6.07, 6.45) is 5.53. The molecule has 0 saturated heterocycles. The standard InChI is InChI=1S/C16H23NOS/c1-9-6-15(11(3)19-9)16(18)17-10(2)14-8-12-4-5-13(14)7-12/h6,10,12-14H,4-5,7-8H2,1-3H3,(H,17,18). The molecule has 1 N–H and O–H groups in total.